The van der Waals surface area contributed by atoms with Crippen LogP contribution in [0.5, 0.6) is 5.88 Å². The van der Waals surface area contributed by atoms with Gasteiger partial charge in [-0.1, -0.05) is 11.3 Å². The van der Waals surface area contributed by atoms with E-state index in [4.69, 9.17) is 4.74 Å². The molecule has 0 bridgehead atoms. The van der Waals surface area contributed by atoms with Gasteiger partial charge in [-0.3, -0.25) is 4.21 Å². The number of nitrogens with one attached hydrogen (secondary N) is 1. The van der Waals surface area contributed by atoms with Crippen molar-refractivity contribution in [3.63, 3.8) is 0 Å². The van der Waals surface area contributed by atoms with Crippen LogP contribution in [-0.4, -0.2) is 48.4 Å². The highest BCUT2D eigenvalue weighted by atomic mass is 32.2. The summed E-state index contributed by atoms with van der Waals surface area (Å²) in [7, 11) is 4.76. The fourth-order valence-corrected chi connectivity index (χ4v) is 3.19. The molecule has 2 atom stereocenters. The van der Waals surface area contributed by atoms with Crippen molar-refractivity contribution >= 4 is 27.3 Å². The van der Waals surface area contributed by atoms with Gasteiger partial charge in [0.25, 0.3) is 0 Å². The number of thiazole rings is 1. The molecule has 1 N–H and O–H groups in total. The summed E-state index contributed by atoms with van der Waals surface area (Å²) in [6, 6.07) is 0.213. The van der Waals surface area contributed by atoms with Gasteiger partial charge in [0.2, 0.25) is 5.88 Å². The number of rotatable bonds is 7. The van der Waals surface area contributed by atoms with Crippen molar-refractivity contribution in [1.29, 1.82) is 0 Å². The normalized spacial score (nSPS) is 14.3. The van der Waals surface area contributed by atoms with E-state index in [-0.39, 0.29) is 6.04 Å². The summed E-state index contributed by atoms with van der Waals surface area (Å²) >= 11 is 1.60. The highest BCUT2D eigenvalue weighted by Gasteiger charge is 2.14. The Morgan fingerprint density at radius 3 is 2.72 bits per heavy atom. The zero-order valence-electron chi connectivity index (χ0n) is 11.5. The van der Waals surface area contributed by atoms with E-state index < -0.39 is 10.8 Å². The smallest absolute Gasteiger partial charge is 0.230 e. The molecule has 0 amide bonds. The zero-order valence-corrected chi connectivity index (χ0v) is 13.2. The molecule has 0 saturated carbocycles. The number of aromatic nitrogens is 1. The molecule has 1 aromatic rings. The Morgan fingerprint density at radius 2 is 2.22 bits per heavy atom. The second kappa shape index (κ2) is 7.06. The van der Waals surface area contributed by atoms with Gasteiger partial charge >= 0.3 is 0 Å². The molecule has 2 unspecified atom stereocenters. The van der Waals surface area contributed by atoms with Crippen LogP contribution < -0.4 is 15.0 Å². The Labute approximate surface area is 115 Å². The summed E-state index contributed by atoms with van der Waals surface area (Å²) in [6.45, 7) is 2.72. The van der Waals surface area contributed by atoms with E-state index in [1.165, 1.54) is 0 Å². The van der Waals surface area contributed by atoms with Gasteiger partial charge in [-0.25, -0.2) is 0 Å². The van der Waals surface area contributed by atoms with Crippen LogP contribution in [0.3, 0.4) is 0 Å². The van der Waals surface area contributed by atoms with Gasteiger partial charge in [0.1, 0.15) is 0 Å². The number of hydrogen-bond donors (Lipinski definition) is 1. The van der Waals surface area contributed by atoms with Crippen LogP contribution >= 0.6 is 11.3 Å². The Balaban J connectivity index is 2.63. The zero-order chi connectivity index (χ0) is 13.7. The summed E-state index contributed by atoms with van der Waals surface area (Å²) in [6.07, 6.45) is 1.72. The lowest BCUT2D eigenvalue weighted by Gasteiger charge is -2.11. The van der Waals surface area contributed by atoms with Crippen LogP contribution in [0.4, 0.5) is 5.13 Å². The predicted octanol–water partition coefficient (Wildman–Crippen LogP) is 1.07. The number of nitrogens with zero attached hydrogens (tertiary/aromatic N) is 2. The average Bonchev–Trinajstić information content (AvgIpc) is 2.68. The first-order chi connectivity index (χ1) is 8.43. The highest BCUT2D eigenvalue weighted by Crippen LogP contribution is 2.30. The van der Waals surface area contributed by atoms with Crippen LogP contribution in [0.2, 0.25) is 0 Å². The lowest BCUT2D eigenvalue weighted by molar-refractivity contribution is 0.394. The SMILES string of the molecule is COc1nc(N(C)C)sc1CNC(C)CS(C)=O. The van der Waals surface area contributed by atoms with Crippen LogP contribution in [0.1, 0.15) is 11.8 Å². The second-order valence-corrected chi connectivity index (χ2v) is 6.89. The van der Waals surface area contributed by atoms with E-state index in [1.54, 1.807) is 24.7 Å². The molecule has 0 aliphatic carbocycles. The molecule has 1 aromatic heterocycles. The third-order valence-corrected chi connectivity index (χ3v) is 4.50. The van der Waals surface area contributed by atoms with Crippen LogP contribution in [-0.2, 0) is 17.3 Å². The Bertz CT molecular complexity index is 407. The highest BCUT2D eigenvalue weighted by molar-refractivity contribution is 7.84. The van der Waals surface area contributed by atoms with Gasteiger partial charge in [0.15, 0.2) is 5.13 Å². The van der Waals surface area contributed by atoms with Gasteiger partial charge in [0, 0.05) is 49.5 Å². The minimum atomic E-state index is -0.777. The Kier molecular flexibility index (Phi) is 6.04. The molecule has 1 heterocycles. The van der Waals surface area contributed by atoms with Crippen molar-refractivity contribution in [2.75, 3.05) is 38.1 Å². The van der Waals surface area contributed by atoms with Crippen molar-refractivity contribution in [1.82, 2.24) is 10.3 Å². The van der Waals surface area contributed by atoms with E-state index in [0.717, 1.165) is 10.0 Å². The monoisotopic (exact) mass is 291 g/mol. The fourth-order valence-electron chi connectivity index (χ4n) is 1.47. The Hall–Kier alpha value is -0.660. The molecular formula is C11H21N3O2S2. The molecule has 1 rings (SSSR count). The second-order valence-electron chi connectivity index (χ2n) is 4.35. The summed E-state index contributed by atoms with van der Waals surface area (Å²) in [5.41, 5.74) is 0. The first-order valence-corrected chi connectivity index (χ1v) is 8.22. The van der Waals surface area contributed by atoms with Crippen LogP contribution in [0.15, 0.2) is 0 Å². The molecule has 5 nitrogen and oxygen atoms in total. The third-order valence-electron chi connectivity index (χ3n) is 2.32. The van der Waals surface area contributed by atoms with Gasteiger partial charge < -0.3 is 15.0 Å². The molecule has 0 aliphatic rings. The van der Waals surface area contributed by atoms with Crippen molar-refractivity contribution in [2.45, 2.75) is 19.5 Å². The first kappa shape index (κ1) is 15.4. The topological polar surface area (TPSA) is 54.5 Å². The average molecular weight is 291 g/mol. The van der Waals surface area contributed by atoms with E-state index in [2.05, 4.69) is 10.3 Å². The predicted molar refractivity (Wildman–Crippen MR) is 78.2 cm³/mol. The molecule has 18 heavy (non-hydrogen) atoms. The minimum Gasteiger partial charge on any atom is -0.480 e. The van der Waals surface area contributed by atoms with Gasteiger partial charge in [-0.15, -0.1) is 0 Å². The van der Waals surface area contributed by atoms with Crippen molar-refractivity contribution in [3.8, 4) is 5.88 Å². The van der Waals surface area contributed by atoms with Crippen molar-refractivity contribution in [2.24, 2.45) is 0 Å². The first-order valence-electron chi connectivity index (χ1n) is 5.68. The summed E-state index contributed by atoms with van der Waals surface area (Å²) in [4.78, 5) is 7.41. The van der Waals surface area contributed by atoms with E-state index >= 15 is 0 Å². The summed E-state index contributed by atoms with van der Waals surface area (Å²) < 4.78 is 16.4. The molecule has 0 saturated heterocycles. The molecule has 0 fully saturated rings. The molecule has 7 heteroatoms. The van der Waals surface area contributed by atoms with Crippen molar-refractivity contribution in [3.05, 3.63) is 4.88 Å². The van der Waals surface area contributed by atoms with E-state index in [0.29, 0.717) is 18.2 Å². The van der Waals surface area contributed by atoms with E-state index in [9.17, 15) is 4.21 Å². The molecular weight excluding hydrogens is 270 g/mol. The third kappa shape index (κ3) is 4.55. The Morgan fingerprint density at radius 1 is 1.56 bits per heavy atom. The van der Waals surface area contributed by atoms with E-state index in [1.807, 2.05) is 25.9 Å². The molecule has 0 spiro atoms. The molecule has 0 aromatic carbocycles. The van der Waals surface area contributed by atoms with Gasteiger partial charge in [-0.05, 0) is 6.92 Å². The summed E-state index contributed by atoms with van der Waals surface area (Å²) in [5.74, 6) is 1.32. The number of methoxy groups -OCH3 is 1. The van der Waals surface area contributed by atoms with Gasteiger partial charge in [0.05, 0.1) is 12.0 Å². The maximum Gasteiger partial charge on any atom is 0.230 e. The number of hydrogen-bond acceptors (Lipinski definition) is 6. The molecule has 0 aliphatic heterocycles. The largest absolute Gasteiger partial charge is 0.480 e. The van der Waals surface area contributed by atoms with Crippen LogP contribution in [0, 0.1) is 0 Å². The molecule has 0 radical (unpaired) electrons. The summed E-state index contributed by atoms with van der Waals surface area (Å²) in [5, 5.41) is 4.26. The lowest BCUT2D eigenvalue weighted by Crippen LogP contribution is -2.30. The quantitative estimate of drug-likeness (QED) is 0.814. The number of anilines is 1. The maximum absolute atomic E-state index is 11.1. The fraction of sp³-hybridized carbons (Fsp3) is 0.727. The van der Waals surface area contributed by atoms with Crippen LogP contribution in [0.25, 0.3) is 0 Å². The maximum atomic E-state index is 11.1. The van der Waals surface area contributed by atoms with Gasteiger partial charge in [-0.2, -0.15) is 4.98 Å². The minimum absolute atomic E-state index is 0.213. The number of ether oxygens (including phenoxy) is 1. The standard InChI is InChI=1S/C11H21N3O2S2/c1-8(7-18(5)15)12-6-9-10(16-4)13-11(17-9)14(2)3/h8,12H,6-7H2,1-5H3. The van der Waals surface area contributed by atoms with Crippen molar-refractivity contribution < 1.29 is 8.95 Å². The lowest BCUT2D eigenvalue weighted by atomic mass is 10.4. The molecule has 104 valence electrons.